The van der Waals surface area contributed by atoms with Crippen LogP contribution in [0.25, 0.3) is 0 Å². The second kappa shape index (κ2) is 11.6. The number of nitrogens with zero attached hydrogens (tertiary/aromatic N) is 1. The molecule has 0 aromatic heterocycles. The summed E-state index contributed by atoms with van der Waals surface area (Å²) in [5, 5.41) is 4.14. The average Bonchev–Trinajstić information content (AvgIpc) is 2.79. The number of hydrogen-bond donors (Lipinski definition) is 1. The van der Waals surface area contributed by atoms with Crippen molar-refractivity contribution >= 4 is 35.0 Å². The predicted octanol–water partition coefficient (Wildman–Crippen LogP) is 5.41. The maximum absolute atomic E-state index is 13.3. The van der Waals surface area contributed by atoms with E-state index in [1.165, 1.54) is 6.42 Å². The first-order valence-corrected chi connectivity index (χ1v) is 11.8. The lowest BCUT2D eigenvalue weighted by atomic mass is 9.95. The van der Waals surface area contributed by atoms with Crippen LogP contribution in [0.1, 0.15) is 50.2 Å². The van der Waals surface area contributed by atoms with Crippen LogP contribution in [0.5, 0.6) is 5.75 Å². The van der Waals surface area contributed by atoms with Gasteiger partial charge in [-0.05, 0) is 55.2 Å². The van der Waals surface area contributed by atoms with Gasteiger partial charge < -0.3 is 15.0 Å². The number of rotatable bonds is 8. The minimum atomic E-state index is -0.630. The van der Waals surface area contributed by atoms with E-state index >= 15 is 0 Å². The second-order valence-electron chi connectivity index (χ2n) is 8.30. The van der Waals surface area contributed by atoms with E-state index in [9.17, 15) is 9.59 Å². The van der Waals surface area contributed by atoms with E-state index in [-0.39, 0.29) is 30.8 Å². The van der Waals surface area contributed by atoms with E-state index in [2.05, 4.69) is 5.32 Å². The summed E-state index contributed by atoms with van der Waals surface area (Å²) in [6.45, 7) is 2.00. The summed E-state index contributed by atoms with van der Waals surface area (Å²) >= 11 is 12.4. The number of nitrogens with one attached hydrogen (secondary N) is 1. The molecule has 2 aromatic carbocycles. The van der Waals surface area contributed by atoms with E-state index in [1.54, 1.807) is 37.1 Å². The molecule has 172 valence electrons. The molecule has 1 unspecified atom stereocenters. The molecule has 0 bridgehead atoms. The van der Waals surface area contributed by atoms with Gasteiger partial charge in [0.25, 0.3) is 0 Å². The molecule has 0 aliphatic heterocycles. The lowest BCUT2D eigenvalue weighted by Gasteiger charge is -2.31. The van der Waals surface area contributed by atoms with Gasteiger partial charge in [0.15, 0.2) is 0 Å². The molecule has 1 saturated carbocycles. The molecule has 1 aliphatic carbocycles. The molecule has 1 atom stereocenters. The Kier molecular flexibility index (Phi) is 8.83. The van der Waals surface area contributed by atoms with E-state index in [4.69, 9.17) is 27.9 Å². The molecule has 0 heterocycles. The van der Waals surface area contributed by atoms with E-state index in [0.717, 1.165) is 42.6 Å². The standard InChI is InChI=1S/C25H30Cl2N2O3/c1-17(25(31)28-21-6-4-3-5-7-21)29(16-19-10-11-20(26)15-23(19)27)24(30)14-18-8-12-22(32-2)13-9-18/h8-13,15,17,21H,3-7,14,16H2,1-2H3,(H,28,31). The van der Waals surface area contributed by atoms with Crippen molar-refractivity contribution in [1.29, 1.82) is 0 Å². The molecule has 1 N–H and O–H groups in total. The molecule has 0 radical (unpaired) electrons. The van der Waals surface area contributed by atoms with Crippen LogP contribution in [-0.2, 0) is 22.6 Å². The fourth-order valence-electron chi connectivity index (χ4n) is 4.00. The summed E-state index contributed by atoms with van der Waals surface area (Å²) in [5.41, 5.74) is 1.60. The van der Waals surface area contributed by atoms with Crippen LogP contribution in [0.15, 0.2) is 42.5 Å². The van der Waals surface area contributed by atoms with E-state index < -0.39 is 6.04 Å². The van der Waals surface area contributed by atoms with Crippen LogP contribution < -0.4 is 10.1 Å². The molecule has 2 amide bonds. The highest BCUT2D eigenvalue weighted by Crippen LogP contribution is 2.24. The summed E-state index contributed by atoms with van der Waals surface area (Å²) in [5.74, 6) is 0.448. The number of methoxy groups -OCH3 is 1. The number of halogens is 2. The van der Waals surface area contributed by atoms with Crippen LogP contribution in [0.3, 0.4) is 0 Å². The number of amides is 2. The largest absolute Gasteiger partial charge is 0.497 e. The zero-order chi connectivity index (χ0) is 23.1. The molecule has 7 heteroatoms. The Morgan fingerprint density at radius 3 is 2.41 bits per heavy atom. The van der Waals surface area contributed by atoms with Crippen molar-refractivity contribution in [2.75, 3.05) is 7.11 Å². The van der Waals surface area contributed by atoms with Crippen molar-refractivity contribution in [2.24, 2.45) is 0 Å². The first-order chi connectivity index (χ1) is 15.4. The quantitative estimate of drug-likeness (QED) is 0.553. The van der Waals surface area contributed by atoms with Crippen molar-refractivity contribution in [3.63, 3.8) is 0 Å². The average molecular weight is 477 g/mol. The minimum Gasteiger partial charge on any atom is -0.497 e. The summed E-state index contributed by atoms with van der Waals surface area (Å²) in [6, 6.07) is 12.1. The summed E-state index contributed by atoms with van der Waals surface area (Å²) in [7, 11) is 1.60. The van der Waals surface area contributed by atoms with Gasteiger partial charge in [0.05, 0.1) is 13.5 Å². The first-order valence-electron chi connectivity index (χ1n) is 11.0. The summed E-state index contributed by atoms with van der Waals surface area (Å²) < 4.78 is 5.19. The van der Waals surface area contributed by atoms with Crippen molar-refractivity contribution in [1.82, 2.24) is 10.2 Å². The highest BCUT2D eigenvalue weighted by atomic mass is 35.5. The molecule has 3 rings (SSSR count). The minimum absolute atomic E-state index is 0.134. The van der Waals surface area contributed by atoms with Crippen LogP contribution >= 0.6 is 23.2 Å². The topological polar surface area (TPSA) is 58.6 Å². The lowest BCUT2D eigenvalue weighted by Crippen LogP contribution is -2.50. The highest BCUT2D eigenvalue weighted by Gasteiger charge is 2.28. The van der Waals surface area contributed by atoms with Crippen LogP contribution in [0, 0.1) is 0 Å². The normalized spacial score (nSPS) is 15.1. The summed E-state index contributed by atoms with van der Waals surface area (Å²) in [4.78, 5) is 28.0. The monoisotopic (exact) mass is 476 g/mol. The van der Waals surface area contributed by atoms with Gasteiger partial charge in [-0.15, -0.1) is 0 Å². The third kappa shape index (κ3) is 6.63. The Hall–Kier alpha value is -2.24. The van der Waals surface area contributed by atoms with Crippen molar-refractivity contribution in [3.8, 4) is 5.75 Å². The number of hydrogen-bond acceptors (Lipinski definition) is 3. The van der Waals surface area contributed by atoms with Gasteiger partial charge in [-0.1, -0.05) is 60.7 Å². The second-order valence-corrected chi connectivity index (χ2v) is 9.15. The Morgan fingerprint density at radius 2 is 1.78 bits per heavy atom. The van der Waals surface area contributed by atoms with Gasteiger partial charge in [0.1, 0.15) is 11.8 Å². The number of carbonyl (C=O) groups is 2. The van der Waals surface area contributed by atoms with Crippen molar-refractivity contribution < 1.29 is 14.3 Å². The van der Waals surface area contributed by atoms with Crippen LogP contribution in [0.4, 0.5) is 0 Å². The van der Waals surface area contributed by atoms with Crippen molar-refractivity contribution in [2.45, 2.75) is 64.1 Å². The SMILES string of the molecule is COc1ccc(CC(=O)N(Cc2ccc(Cl)cc2Cl)C(C)C(=O)NC2CCCCC2)cc1. The van der Waals surface area contributed by atoms with Crippen LogP contribution in [-0.4, -0.2) is 35.9 Å². The zero-order valence-corrected chi connectivity index (χ0v) is 20.1. The Morgan fingerprint density at radius 1 is 1.09 bits per heavy atom. The molecule has 5 nitrogen and oxygen atoms in total. The smallest absolute Gasteiger partial charge is 0.242 e. The van der Waals surface area contributed by atoms with Gasteiger partial charge in [0.2, 0.25) is 11.8 Å². The predicted molar refractivity (Wildman–Crippen MR) is 128 cm³/mol. The fourth-order valence-corrected chi connectivity index (χ4v) is 4.47. The van der Waals surface area contributed by atoms with Gasteiger partial charge in [-0.25, -0.2) is 0 Å². The van der Waals surface area contributed by atoms with Gasteiger partial charge in [-0.3, -0.25) is 9.59 Å². The van der Waals surface area contributed by atoms with Gasteiger partial charge in [0, 0.05) is 22.6 Å². The summed E-state index contributed by atoms with van der Waals surface area (Å²) in [6.07, 6.45) is 5.61. The van der Waals surface area contributed by atoms with Gasteiger partial charge >= 0.3 is 0 Å². The zero-order valence-electron chi connectivity index (χ0n) is 18.6. The molecule has 1 fully saturated rings. The molecule has 2 aromatic rings. The number of carbonyl (C=O) groups excluding carboxylic acids is 2. The maximum atomic E-state index is 13.3. The van der Waals surface area contributed by atoms with E-state index in [0.29, 0.717) is 10.0 Å². The molecule has 1 aliphatic rings. The Balaban J connectivity index is 1.78. The Labute approximate surface area is 200 Å². The van der Waals surface area contributed by atoms with E-state index in [1.807, 2.05) is 24.3 Å². The number of benzene rings is 2. The third-order valence-electron chi connectivity index (χ3n) is 5.99. The molecular weight excluding hydrogens is 447 g/mol. The molecule has 0 saturated heterocycles. The van der Waals surface area contributed by atoms with Gasteiger partial charge in [-0.2, -0.15) is 0 Å². The highest BCUT2D eigenvalue weighted by molar-refractivity contribution is 6.35. The molecule has 32 heavy (non-hydrogen) atoms. The Bertz CT molecular complexity index is 927. The molecule has 0 spiro atoms. The maximum Gasteiger partial charge on any atom is 0.242 e. The molecular formula is C25H30Cl2N2O3. The third-order valence-corrected chi connectivity index (χ3v) is 6.58. The van der Waals surface area contributed by atoms with Crippen molar-refractivity contribution in [3.05, 3.63) is 63.6 Å². The van der Waals surface area contributed by atoms with Crippen LogP contribution in [0.2, 0.25) is 10.0 Å². The fraction of sp³-hybridized carbons (Fsp3) is 0.440. The lowest BCUT2D eigenvalue weighted by molar-refractivity contribution is -0.140. The first kappa shape index (κ1) is 24.4. The number of ether oxygens (including phenoxy) is 1.